The second kappa shape index (κ2) is 10.7. The molecule has 3 aromatic carbocycles. The summed E-state index contributed by atoms with van der Waals surface area (Å²) in [6.45, 7) is 11.1. The number of halogens is 1. The molecule has 0 bridgehead atoms. The molecule has 0 aliphatic carbocycles. The van der Waals surface area contributed by atoms with Crippen LogP contribution in [0.4, 0.5) is 0 Å². The van der Waals surface area contributed by atoms with E-state index in [0.717, 1.165) is 0 Å². The molecule has 0 saturated carbocycles. The Hall–Kier alpha value is -2.72. The average molecular weight is 560 g/mol. The molecule has 0 unspecified atom stereocenters. The molecule has 0 atom stereocenters. The summed E-state index contributed by atoms with van der Waals surface area (Å²) in [5.41, 5.74) is 11.4. The fourth-order valence-corrected chi connectivity index (χ4v) is 4.19. The molecule has 4 aromatic rings. The Morgan fingerprint density at radius 1 is 0.735 bits per heavy atom. The van der Waals surface area contributed by atoms with Gasteiger partial charge in [0, 0.05) is 11.6 Å². The number of aryl methyl sites for hydroxylation is 3. The van der Waals surface area contributed by atoms with Crippen molar-refractivity contribution in [3.8, 4) is 22.4 Å². The van der Waals surface area contributed by atoms with E-state index in [1.165, 1.54) is 50.2 Å². The summed E-state index contributed by atoms with van der Waals surface area (Å²) in [5, 5.41) is 0. The Morgan fingerprint density at radius 3 is 2.00 bits per heavy atom. The van der Waals surface area contributed by atoms with Crippen LogP contribution in [0.25, 0.3) is 34.5 Å². The summed E-state index contributed by atoms with van der Waals surface area (Å²) in [6.07, 6.45) is 6.73. The van der Waals surface area contributed by atoms with Gasteiger partial charge in [-0.25, -0.2) is 4.57 Å². The molecule has 4 rings (SSSR count). The number of pyridine rings is 1. The van der Waals surface area contributed by atoms with Crippen LogP contribution in [0, 0.1) is 13.8 Å². The lowest BCUT2D eigenvalue weighted by molar-refractivity contribution is -0.659. The van der Waals surface area contributed by atoms with Gasteiger partial charge < -0.3 is 24.0 Å². The lowest BCUT2D eigenvalue weighted by Crippen LogP contribution is -3.00. The summed E-state index contributed by atoms with van der Waals surface area (Å²) in [5.74, 6) is 0. The van der Waals surface area contributed by atoms with Crippen LogP contribution in [0.5, 0.6) is 0 Å². The first kappa shape index (κ1) is 25.9. The third kappa shape index (κ3) is 5.85. The first-order chi connectivity index (χ1) is 15.7. The van der Waals surface area contributed by atoms with Crippen molar-refractivity contribution in [3.05, 3.63) is 113 Å². The SMILES string of the molecule is Cc1ccc(/C=C/c2cc(-c3ccc(C(C)(C)C)cc3)[n+](C)cc2-c2ccccc2C)cc1.[I-]. The van der Waals surface area contributed by atoms with Crippen molar-refractivity contribution >= 4 is 12.2 Å². The molecule has 0 spiro atoms. The molecule has 1 nitrogen and oxygen atoms in total. The molecular weight excluding hydrogens is 525 g/mol. The summed E-state index contributed by atoms with van der Waals surface area (Å²) < 4.78 is 2.25. The number of hydrogen-bond acceptors (Lipinski definition) is 0. The van der Waals surface area contributed by atoms with Gasteiger partial charge in [0.05, 0.1) is 5.56 Å². The summed E-state index contributed by atoms with van der Waals surface area (Å²) >= 11 is 0. The topological polar surface area (TPSA) is 3.88 Å². The predicted octanol–water partition coefficient (Wildman–Crippen LogP) is 4.93. The summed E-state index contributed by atoms with van der Waals surface area (Å²) in [4.78, 5) is 0. The van der Waals surface area contributed by atoms with Gasteiger partial charge in [0.15, 0.2) is 6.20 Å². The zero-order valence-corrected chi connectivity index (χ0v) is 23.2. The largest absolute Gasteiger partial charge is 1.00 e. The van der Waals surface area contributed by atoms with E-state index in [0.29, 0.717) is 0 Å². The van der Waals surface area contributed by atoms with E-state index in [-0.39, 0.29) is 29.4 Å². The van der Waals surface area contributed by atoms with Gasteiger partial charge in [-0.3, -0.25) is 0 Å². The lowest BCUT2D eigenvalue weighted by Gasteiger charge is -2.19. The van der Waals surface area contributed by atoms with Crippen LogP contribution in [0.1, 0.15) is 48.6 Å². The van der Waals surface area contributed by atoms with Gasteiger partial charge in [0.1, 0.15) is 7.05 Å². The van der Waals surface area contributed by atoms with Crippen molar-refractivity contribution in [2.24, 2.45) is 7.05 Å². The van der Waals surface area contributed by atoms with E-state index in [4.69, 9.17) is 0 Å². The molecule has 0 amide bonds. The van der Waals surface area contributed by atoms with Gasteiger partial charge in [-0.05, 0) is 59.2 Å². The first-order valence-corrected chi connectivity index (χ1v) is 11.7. The molecule has 1 heterocycles. The fraction of sp³-hybridized carbons (Fsp3) is 0.219. The number of rotatable bonds is 4. The third-order valence-corrected chi connectivity index (χ3v) is 6.32. The van der Waals surface area contributed by atoms with E-state index in [1.54, 1.807) is 0 Å². The van der Waals surface area contributed by atoms with Crippen molar-refractivity contribution in [2.75, 3.05) is 0 Å². The van der Waals surface area contributed by atoms with Gasteiger partial charge >= 0.3 is 0 Å². The molecule has 0 fully saturated rings. The first-order valence-electron chi connectivity index (χ1n) is 11.7. The fourth-order valence-electron chi connectivity index (χ4n) is 4.19. The molecule has 0 aliphatic heterocycles. The van der Waals surface area contributed by atoms with E-state index >= 15 is 0 Å². The maximum atomic E-state index is 2.32. The molecule has 0 N–H and O–H groups in total. The minimum Gasteiger partial charge on any atom is -1.00 e. The van der Waals surface area contributed by atoms with Crippen molar-refractivity contribution in [1.82, 2.24) is 0 Å². The Bertz CT molecular complexity index is 1290. The average Bonchev–Trinajstić information content (AvgIpc) is 2.79. The maximum absolute atomic E-state index is 2.32. The van der Waals surface area contributed by atoms with E-state index in [2.05, 4.69) is 143 Å². The molecule has 34 heavy (non-hydrogen) atoms. The van der Waals surface area contributed by atoms with Crippen LogP contribution in [0.15, 0.2) is 85.1 Å². The normalized spacial score (nSPS) is 11.5. The van der Waals surface area contributed by atoms with Crippen LogP contribution < -0.4 is 28.5 Å². The Balaban J connectivity index is 0.00000324. The standard InChI is InChI=1S/C32H34N.HI/c1-23-11-13-25(14-12-23)15-16-27-21-31(26-17-19-28(20-18-26)32(3,4)5)33(6)22-30(27)29-10-8-7-9-24(29)2;/h7-22H,1-6H3;1H/q+1;/p-1/b16-15+;. The predicted molar refractivity (Wildman–Crippen MR) is 142 cm³/mol. The van der Waals surface area contributed by atoms with Crippen LogP contribution in [-0.4, -0.2) is 0 Å². The summed E-state index contributed by atoms with van der Waals surface area (Å²) in [6, 6.07) is 28.6. The maximum Gasteiger partial charge on any atom is 0.212 e. The van der Waals surface area contributed by atoms with Gasteiger partial charge in [0.2, 0.25) is 5.69 Å². The minimum absolute atomic E-state index is 0. The van der Waals surface area contributed by atoms with Crippen molar-refractivity contribution < 1.29 is 28.5 Å². The Morgan fingerprint density at radius 2 is 1.38 bits per heavy atom. The van der Waals surface area contributed by atoms with Crippen LogP contribution in [-0.2, 0) is 12.5 Å². The van der Waals surface area contributed by atoms with Crippen LogP contribution in [0.3, 0.4) is 0 Å². The molecular formula is C32H34IN. The molecule has 174 valence electrons. The van der Waals surface area contributed by atoms with E-state index in [9.17, 15) is 0 Å². The zero-order valence-electron chi connectivity index (χ0n) is 21.1. The quantitative estimate of drug-likeness (QED) is 0.247. The monoisotopic (exact) mass is 559 g/mol. The second-order valence-corrected chi connectivity index (χ2v) is 10.0. The molecule has 2 heteroatoms. The van der Waals surface area contributed by atoms with E-state index < -0.39 is 0 Å². The van der Waals surface area contributed by atoms with Gasteiger partial charge in [-0.1, -0.05) is 99.2 Å². The molecule has 0 radical (unpaired) electrons. The number of benzene rings is 3. The smallest absolute Gasteiger partial charge is 0.212 e. The number of nitrogens with zero attached hydrogens (tertiary/aromatic N) is 1. The molecule has 0 aliphatic rings. The molecule has 0 saturated heterocycles. The zero-order chi connectivity index (χ0) is 23.6. The Labute approximate surface area is 222 Å². The third-order valence-electron chi connectivity index (χ3n) is 6.32. The highest BCUT2D eigenvalue weighted by atomic mass is 127. The lowest BCUT2D eigenvalue weighted by atomic mass is 9.86. The van der Waals surface area contributed by atoms with Crippen molar-refractivity contribution in [3.63, 3.8) is 0 Å². The van der Waals surface area contributed by atoms with Crippen molar-refractivity contribution in [2.45, 2.75) is 40.0 Å². The van der Waals surface area contributed by atoms with Crippen LogP contribution >= 0.6 is 0 Å². The molecule has 1 aromatic heterocycles. The van der Waals surface area contributed by atoms with E-state index in [1.807, 2.05) is 0 Å². The number of aromatic nitrogens is 1. The van der Waals surface area contributed by atoms with Gasteiger partial charge in [-0.15, -0.1) is 0 Å². The highest BCUT2D eigenvalue weighted by Crippen LogP contribution is 2.31. The minimum atomic E-state index is 0. The number of hydrogen-bond donors (Lipinski definition) is 0. The Kier molecular flexibility index (Phi) is 8.14. The van der Waals surface area contributed by atoms with Crippen molar-refractivity contribution in [1.29, 1.82) is 0 Å². The second-order valence-electron chi connectivity index (χ2n) is 10.0. The summed E-state index contributed by atoms with van der Waals surface area (Å²) in [7, 11) is 2.14. The van der Waals surface area contributed by atoms with Gasteiger partial charge in [-0.2, -0.15) is 0 Å². The van der Waals surface area contributed by atoms with Crippen LogP contribution in [0.2, 0.25) is 0 Å². The highest BCUT2D eigenvalue weighted by molar-refractivity contribution is 5.82. The van der Waals surface area contributed by atoms with Gasteiger partial charge in [0.25, 0.3) is 0 Å². The highest BCUT2D eigenvalue weighted by Gasteiger charge is 2.18.